The molecule has 1 aromatic carbocycles. The molecule has 2 N–H and O–H groups in total. The average Bonchev–Trinajstić information content (AvgIpc) is 3.26. The van der Waals surface area contributed by atoms with E-state index in [4.69, 9.17) is 9.47 Å². The molecule has 1 aliphatic heterocycles. The second-order valence-electron chi connectivity index (χ2n) is 8.39. The molecule has 0 spiro atoms. The van der Waals surface area contributed by atoms with E-state index in [1.165, 1.54) is 18.2 Å². The Morgan fingerprint density at radius 1 is 1.21 bits per heavy atom. The van der Waals surface area contributed by atoms with E-state index in [2.05, 4.69) is 25.4 Å². The number of carbonyl (C=O) groups is 2. The van der Waals surface area contributed by atoms with Crippen LogP contribution >= 0.6 is 11.8 Å². The first-order valence-electron chi connectivity index (χ1n) is 11.7. The molecule has 182 valence electrons. The fourth-order valence-corrected chi connectivity index (χ4v) is 5.56. The molecule has 1 aromatic heterocycles. The molecule has 34 heavy (non-hydrogen) atoms. The summed E-state index contributed by atoms with van der Waals surface area (Å²) in [6, 6.07) is 7.32. The summed E-state index contributed by atoms with van der Waals surface area (Å²) in [7, 11) is 1.65. The number of para-hydroxylation sites is 1. The Morgan fingerprint density at radius 3 is 2.71 bits per heavy atom. The van der Waals surface area contributed by atoms with Gasteiger partial charge >= 0.3 is 12.0 Å². The quantitative estimate of drug-likeness (QED) is 0.429. The van der Waals surface area contributed by atoms with Crippen LogP contribution in [0, 0.1) is 0 Å². The third-order valence-electron chi connectivity index (χ3n) is 6.16. The van der Waals surface area contributed by atoms with Gasteiger partial charge in [0.05, 0.1) is 30.9 Å². The standard InChI is InChI=1S/C24H31N5O4S/c1-4-33-22(30)20-15(2)25-23(31)26-18(20)14-34-24-28-27-21(17-12-8-9-13-19(17)32-3)29(24)16-10-6-5-7-11-16/h8-9,12-13,15-16H,4-7,10-11,14H2,1-3H3,(H2,25,26,31). The summed E-state index contributed by atoms with van der Waals surface area (Å²) in [4.78, 5) is 24.7. The molecule has 10 heteroatoms. The number of hydrogen-bond donors (Lipinski definition) is 2. The number of nitrogens with zero attached hydrogens (tertiary/aromatic N) is 3. The Hall–Kier alpha value is -3.01. The van der Waals surface area contributed by atoms with Gasteiger partial charge in [-0.2, -0.15) is 0 Å². The van der Waals surface area contributed by atoms with Crippen molar-refractivity contribution in [3.05, 3.63) is 35.5 Å². The van der Waals surface area contributed by atoms with Gasteiger partial charge in [0.1, 0.15) is 5.75 Å². The Bertz CT molecular complexity index is 1080. The van der Waals surface area contributed by atoms with Crippen molar-refractivity contribution < 1.29 is 19.1 Å². The normalized spacial score (nSPS) is 18.9. The number of aromatic nitrogens is 3. The number of urea groups is 1. The third-order valence-corrected chi connectivity index (χ3v) is 7.13. The molecule has 1 aliphatic carbocycles. The number of methoxy groups -OCH3 is 1. The third kappa shape index (κ3) is 5.06. The highest BCUT2D eigenvalue weighted by atomic mass is 32.2. The molecular formula is C24H31N5O4S. The molecule has 1 saturated carbocycles. The van der Waals surface area contributed by atoms with E-state index in [0.29, 0.717) is 17.0 Å². The van der Waals surface area contributed by atoms with Gasteiger partial charge in [0.15, 0.2) is 11.0 Å². The topological polar surface area (TPSA) is 107 Å². The first-order chi connectivity index (χ1) is 16.5. The minimum Gasteiger partial charge on any atom is -0.496 e. The highest BCUT2D eigenvalue weighted by Crippen LogP contribution is 2.38. The smallest absolute Gasteiger partial charge is 0.337 e. The van der Waals surface area contributed by atoms with Crippen molar-refractivity contribution in [2.45, 2.75) is 63.2 Å². The van der Waals surface area contributed by atoms with Crippen LogP contribution in [0.25, 0.3) is 11.4 Å². The lowest BCUT2D eigenvalue weighted by atomic mass is 9.95. The average molecular weight is 486 g/mol. The van der Waals surface area contributed by atoms with Gasteiger partial charge in [-0.15, -0.1) is 10.2 Å². The van der Waals surface area contributed by atoms with E-state index < -0.39 is 12.0 Å². The van der Waals surface area contributed by atoms with Crippen LogP contribution in [0.4, 0.5) is 4.79 Å². The molecule has 1 unspecified atom stereocenters. The number of rotatable bonds is 8. The summed E-state index contributed by atoms with van der Waals surface area (Å²) < 4.78 is 13.0. The maximum absolute atomic E-state index is 12.6. The van der Waals surface area contributed by atoms with Crippen LogP contribution in [0.5, 0.6) is 5.75 Å². The molecule has 9 nitrogen and oxygen atoms in total. The Morgan fingerprint density at radius 2 is 1.97 bits per heavy atom. The highest BCUT2D eigenvalue weighted by Gasteiger charge is 2.31. The molecule has 2 amide bonds. The van der Waals surface area contributed by atoms with Crippen molar-refractivity contribution in [2.75, 3.05) is 19.5 Å². The maximum Gasteiger partial charge on any atom is 0.337 e. The van der Waals surface area contributed by atoms with Gasteiger partial charge in [0, 0.05) is 17.5 Å². The Labute approximate surface area is 203 Å². The fraction of sp³-hybridized carbons (Fsp3) is 0.500. The van der Waals surface area contributed by atoms with Gasteiger partial charge in [-0.3, -0.25) is 4.57 Å². The first kappa shape index (κ1) is 24.1. The van der Waals surface area contributed by atoms with Crippen LogP contribution < -0.4 is 15.4 Å². The molecule has 0 bridgehead atoms. The zero-order chi connectivity index (χ0) is 24.1. The summed E-state index contributed by atoms with van der Waals surface area (Å²) >= 11 is 1.46. The van der Waals surface area contributed by atoms with E-state index in [1.807, 2.05) is 24.3 Å². The molecule has 4 rings (SSSR count). The summed E-state index contributed by atoms with van der Waals surface area (Å²) in [6.45, 7) is 3.81. The summed E-state index contributed by atoms with van der Waals surface area (Å²) in [5, 5.41) is 15.4. The molecular weight excluding hydrogens is 454 g/mol. The van der Waals surface area contributed by atoms with Gasteiger partial charge in [-0.25, -0.2) is 9.59 Å². The number of benzene rings is 1. The molecule has 0 saturated heterocycles. The van der Waals surface area contributed by atoms with E-state index in [9.17, 15) is 9.59 Å². The molecule has 1 atom stereocenters. The van der Waals surface area contributed by atoms with Crippen molar-refractivity contribution in [1.29, 1.82) is 0 Å². The number of carbonyl (C=O) groups excluding carboxylic acids is 2. The molecule has 2 heterocycles. The zero-order valence-electron chi connectivity index (χ0n) is 19.8. The van der Waals surface area contributed by atoms with E-state index >= 15 is 0 Å². The minimum absolute atomic E-state index is 0.266. The number of thioether (sulfide) groups is 1. The van der Waals surface area contributed by atoms with Crippen molar-refractivity contribution in [2.24, 2.45) is 0 Å². The van der Waals surface area contributed by atoms with Crippen molar-refractivity contribution in [1.82, 2.24) is 25.4 Å². The number of esters is 1. The van der Waals surface area contributed by atoms with Crippen LogP contribution in [0.15, 0.2) is 40.7 Å². The van der Waals surface area contributed by atoms with Crippen LogP contribution in [-0.2, 0) is 9.53 Å². The van der Waals surface area contributed by atoms with E-state index in [-0.39, 0.29) is 18.7 Å². The minimum atomic E-state index is -0.441. The second kappa shape index (κ2) is 10.9. The lowest BCUT2D eigenvalue weighted by Gasteiger charge is -2.27. The lowest BCUT2D eigenvalue weighted by Crippen LogP contribution is -2.49. The van der Waals surface area contributed by atoms with Gasteiger partial charge < -0.3 is 20.1 Å². The molecule has 2 aliphatic rings. The second-order valence-corrected chi connectivity index (χ2v) is 9.33. The summed E-state index contributed by atoms with van der Waals surface area (Å²) in [5.74, 6) is 1.45. The Balaban J connectivity index is 1.69. The van der Waals surface area contributed by atoms with Crippen molar-refractivity contribution >= 4 is 23.8 Å². The van der Waals surface area contributed by atoms with Gasteiger partial charge in [-0.05, 0) is 38.8 Å². The summed E-state index contributed by atoms with van der Waals surface area (Å²) in [6.07, 6.45) is 5.67. The zero-order valence-corrected chi connectivity index (χ0v) is 20.6. The van der Waals surface area contributed by atoms with E-state index in [1.54, 1.807) is 21.0 Å². The summed E-state index contributed by atoms with van der Waals surface area (Å²) in [5.41, 5.74) is 1.87. The predicted octanol–water partition coefficient (Wildman–Crippen LogP) is 4.07. The number of nitrogens with one attached hydrogen (secondary N) is 2. The predicted molar refractivity (Wildman–Crippen MR) is 130 cm³/mol. The monoisotopic (exact) mass is 485 g/mol. The van der Waals surface area contributed by atoms with E-state index in [0.717, 1.165) is 48.0 Å². The first-order valence-corrected chi connectivity index (χ1v) is 12.7. The van der Waals surface area contributed by atoms with Gasteiger partial charge in [-0.1, -0.05) is 43.2 Å². The number of hydrogen-bond acceptors (Lipinski definition) is 7. The van der Waals surface area contributed by atoms with Gasteiger partial charge in [0.25, 0.3) is 0 Å². The maximum atomic E-state index is 12.6. The van der Waals surface area contributed by atoms with Crippen LogP contribution in [0.3, 0.4) is 0 Å². The van der Waals surface area contributed by atoms with Crippen LogP contribution in [0.1, 0.15) is 52.0 Å². The number of amides is 2. The molecule has 0 radical (unpaired) electrons. The number of ether oxygens (including phenoxy) is 2. The fourth-order valence-electron chi connectivity index (χ4n) is 4.59. The van der Waals surface area contributed by atoms with Gasteiger partial charge in [0.2, 0.25) is 0 Å². The van der Waals surface area contributed by atoms with Crippen molar-refractivity contribution in [3.63, 3.8) is 0 Å². The highest BCUT2D eigenvalue weighted by molar-refractivity contribution is 7.99. The molecule has 1 fully saturated rings. The molecule has 2 aromatic rings. The van der Waals surface area contributed by atoms with Crippen LogP contribution in [-0.4, -0.2) is 52.3 Å². The SMILES string of the molecule is CCOC(=O)C1=C(CSc2nnc(-c3ccccc3OC)n2C2CCCCC2)NC(=O)NC1C. The van der Waals surface area contributed by atoms with Crippen LogP contribution in [0.2, 0.25) is 0 Å². The lowest BCUT2D eigenvalue weighted by molar-refractivity contribution is -0.138. The van der Waals surface area contributed by atoms with Crippen molar-refractivity contribution in [3.8, 4) is 17.1 Å². The Kier molecular flexibility index (Phi) is 7.77. The largest absolute Gasteiger partial charge is 0.496 e.